The molecule has 0 bridgehead atoms. The predicted molar refractivity (Wildman–Crippen MR) is 82.5 cm³/mol. The van der Waals surface area contributed by atoms with Crippen molar-refractivity contribution in [2.45, 2.75) is 19.4 Å². The lowest BCUT2D eigenvalue weighted by molar-refractivity contribution is -0.138. The van der Waals surface area contributed by atoms with Gasteiger partial charge in [-0.25, -0.2) is 4.79 Å². The van der Waals surface area contributed by atoms with Gasteiger partial charge in [0.05, 0.1) is 18.1 Å². The topological polar surface area (TPSA) is 109 Å². The molecule has 2 rings (SSSR count). The number of carbonyl (C=O) groups excluding carboxylic acids is 2. The zero-order valence-corrected chi connectivity index (χ0v) is 13.3. The number of benzene rings is 1. The zero-order chi connectivity index (χ0) is 17.5. The van der Waals surface area contributed by atoms with Crippen LogP contribution in [0.15, 0.2) is 35.1 Å². The van der Waals surface area contributed by atoms with Crippen LogP contribution in [0, 0.1) is 11.3 Å². The molecule has 0 aliphatic rings. The monoisotopic (exact) mass is 328 g/mol. The summed E-state index contributed by atoms with van der Waals surface area (Å²) >= 11 is 0. The summed E-state index contributed by atoms with van der Waals surface area (Å²) in [5, 5.41) is 15.9. The number of carbonyl (C=O) groups is 2. The first-order valence-corrected chi connectivity index (χ1v) is 7.22. The van der Waals surface area contributed by atoms with Gasteiger partial charge in [-0.1, -0.05) is 0 Å². The van der Waals surface area contributed by atoms with Gasteiger partial charge < -0.3 is 14.1 Å². The second kappa shape index (κ2) is 7.87. The summed E-state index contributed by atoms with van der Waals surface area (Å²) in [5.41, 5.74) is 0.974. The van der Waals surface area contributed by atoms with Gasteiger partial charge in [-0.2, -0.15) is 5.26 Å². The van der Waals surface area contributed by atoms with Gasteiger partial charge in [-0.05, 0) is 31.2 Å². The molecule has 1 aromatic carbocycles. The quantitative estimate of drug-likeness (QED) is 0.741. The molecule has 0 spiro atoms. The lowest BCUT2D eigenvalue weighted by Gasteiger charge is -2.20. The maximum Gasteiger partial charge on any atom is 0.338 e. The molecule has 0 radical (unpaired) electrons. The maximum absolute atomic E-state index is 12.1. The molecule has 24 heavy (non-hydrogen) atoms. The average molecular weight is 328 g/mol. The van der Waals surface area contributed by atoms with Crippen molar-refractivity contribution in [3.63, 3.8) is 0 Å². The Balaban J connectivity index is 1.96. The maximum atomic E-state index is 12.1. The molecular formula is C16H16N4O4. The standard InChI is InChI=1S/C16H16N4O4/c1-11(15(21)20(2)9-3-8-17)24-16(22)13-6-4-12(5-7-13)14-19-18-10-23-14/h4-7,10-11H,3,9H2,1-2H3/t11-/m0/s1. The number of ether oxygens (including phenoxy) is 1. The highest BCUT2D eigenvalue weighted by Crippen LogP contribution is 2.17. The van der Waals surface area contributed by atoms with Crippen molar-refractivity contribution in [2.75, 3.05) is 13.6 Å². The third-order valence-corrected chi connectivity index (χ3v) is 3.29. The van der Waals surface area contributed by atoms with Crippen molar-refractivity contribution in [2.24, 2.45) is 0 Å². The fraction of sp³-hybridized carbons (Fsp3) is 0.312. The van der Waals surface area contributed by atoms with Gasteiger partial charge in [0.1, 0.15) is 0 Å². The number of esters is 1. The lowest BCUT2D eigenvalue weighted by Crippen LogP contribution is -2.37. The summed E-state index contributed by atoms with van der Waals surface area (Å²) in [4.78, 5) is 25.5. The minimum Gasteiger partial charge on any atom is -0.449 e. The van der Waals surface area contributed by atoms with Gasteiger partial charge in [0.2, 0.25) is 12.3 Å². The average Bonchev–Trinajstić information content (AvgIpc) is 3.13. The van der Waals surface area contributed by atoms with E-state index in [0.29, 0.717) is 17.0 Å². The molecule has 0 saturated heterocycles. The molecule has 124 valence electrons. The van der Waals surface area contributed by atoms with E-state index in [-0.39, 0.29) is 18.9 Å². The second-order valence-corrected chi connectivity index (χ2v) is 5.04. The highest BCUT2D eigenvalue weighted by atomic mass is 16.5. The van der Waals surface area contributed by atoms with Crippen molar-refractivity contribution in [1.82, 2.24) is 15.1 Å². The van der Waals surface area contributed by atoms with Crippen molar-refractivity contribution >= 4 is 11.9 Å². The van der Waals surface area contributed by atoms with Gasteiger partial charge in [0, 0.05) is 19.2 Å². The largest absolute Gasteiger partial charge is 0.449 e. The molecule has 8 heteroatoms. The summed E-state index contributed by atoms with van der Waals surface area (Å²) < 4.78 is 10.2. The molecule has 8 nitrogen and oxygen atoms in total. The normalized spacial score (nSPS) is 11.4. The van der Waals surface area contributed by atoms with Gasteiger partial charge >= 0.3 is 5.97 Å². The van der Waals surface area contributed by atoms with Gasteiger partial charge in [-0.15, -0.1) is 10.2 Å². The number of aromatic nitrogens is 2. The van der Waals surface area contributed by atoms with Gasteiger partial charge in [-0.3, -0.25) is 4.79 Å². The molecule has 1 heterocycles. The fourth-order valence-electron chi connectivity index (χ4n) is 1.96. The number of hydrogen-bond acceptors (Lipinski definition) is 7. The van der Waals surface area contributed by atoms with E-state index in [0.717, 1.165) is 0 Å². The molecule has 0 aliphatic carbocycles. The number of nitriles is 1. The van der Waals surface area contributed by atoms with Crippen LogP contribution in [-0.2, 0) is 9.53 Å². The molecule has 0 fully saturated rings. The molecule has 0 unspecified atom stereocenters. The van der Waals surface area contributed by atoms with E-state index >= 15 is 0 Å². The second-order valence-electron chi connectivity index (χ2n) is 5.04. The van der Waals surface area contributed by atoms with Crippen LogP contribution in [0.5, 0.6) is 0 Å². The Kier molecular flexibility index (Phi) is 5.63. The van der Waals surface area contributed by atoms with Crippen molar-refractivity contribution < 1.29 is 18.7 Å². The van der Waals surface area contributed by atoms with Crippen LogP contribution >= 0.6 is 0 Å². The molecule has 1 aromatic heterocycles. The summed E-state index contributed by atoms with van der Waals surface area (Å²) in [6.45, 7) is 1.78. The molecule has 2 aromatic rings. The molecule has 1 amide bonds. The first-order valence-electron chi connectivity index (χ1n) is 7.22. The van der Waals surface area contributed by atoms with Crippen LogP contribution in [0.3, 0.4) is 0 Å². The minimum absolute atomic E-state index is 0.222. The highest BCUT2D eigenvalue weighted by Gasteiger charge is 2.22. The molecular weight excluding hydrogens is 312 g/mol. The number of rotatable bonds is 6. The summed E-state index contributed by atoms with van der Waals surface area (Å²) in [5.74, 6) is -0.625. The van der Waals surface area contributed by atoms with E-state index < -0.39 is 12.1 Å². The van der Waals surface area contributed by atoms with Crippen LogP contribution in [0.2, 0.25) is 0 Å². The van der Waals surface area contributed by atoms with Crippen LogP contribution in [0.1, 0.15) is 23.7 Å². The van der Waals surface area contributed by atoms with Crippen molar-refractivity contribution in [1.29, 1.82) is 5.26 Å². The van der Waals surface area contributed by atoms with Crippen LogP contribution in [0.25, 0.3) is 11.5 Å². The Bertz CT molecular complexity index is 734. The van der Waals surface area contributed by atoms with E-state index in [1.807, 2.05) is 6.07 Å². The number of nitrogens with zero attached hydrogens (tertiary/aromatic N) is 4. The predicted octanol–water partition coefficient (Wildman–Crippen LogP) is 1.65. The summed E-state index contributed by atoms with van der Waals surface area (Å²) in [6.07, 6.45) is 0.505. The van der Waals surface area contributed by atoms with E-state index in [4.69, 9.17) is 14.4 Å². The Morgan fingerprint density at radius 2 is 2.08 bits per heavy atom. The van der Waals surface area contributed by atoms with E-state index in [1.54, 1.807) is 31.3 Å². The van der Waals surface area contributed by atoms with Gasteiger partial charge in [0.25, 0.3) is 5.91 Å². The number of amides is 1. The highest BCUT2D eigenvalue weighted by molar-refractivity contribution is 5.92. The van der Waals surface area contributed by atoms with Gasteiger partial charge in [0.15, 0.2) is 6.10 Å². The van der Waals surface area contributed by atoms with Crippen molar-refractivity contribution in [3.05, 3.63) is 36.2 Å². The Morgan fingerprint density at radius 1 is 1.38 bits per heavy atom. The first-order chi connectivity index (χ1) is 11.5. The number of hydrogen-bond donors (Lipinski definition) is 0. The third-order valence-electron chi connectivity index (χ3n) is 3.29. The third kappa shape index (κ3) is 4.16. The Labute approximate surface area is 138 Å². The minimum atomic E-state index is -0.934. The van der Waals surface area contributed by atoms with E-state index in [9.17, 15) is 9.59 Å². The van der Waals surface area contributed by atoms with E-state index in [2.05, 4.69) is 10.2 Å². The fourth-order valence-corrected chi connectivity index (χ4v) is 1.96. The van der Waals surface area contributed by atoms with Crippen LogP contribution in [-0.4, -0.2) is 46.7 Å². The molecule has 0 saturated carbocycles. The first kappa shape index (κ1) is 17.1. The molecule has 1 atom stereocenters. The smallest absolute Gasteiger partial charge is 0.338 e. The Morgan fingerprint density at radius 3 is 2.67 bits per heavy atom. The van der Waals surface area contributed by atoms with Crippen molar-refractivity contribution in [3.8, 4) is 17.5 Å². The molecule has 0 N–H and O–H groups in total. The zero-order valence-electron chi connectivity index (χ0n) is 13.3. The van der Waals surface area contributed by atoms with E-state index in [1.165, 1.54) is 18.2 Å². The summed E-state index contributed by atoms with van der Waals surface area (Å²) in [7, 11) is 1.56. The lowest BCUT2D eigenvalue weighted by atomic mass is 10.1. The van der Waals surface area contributed by atoms with Crippen LogP contribution < -0.4 is 0 Å². The SMILES string of the molecule is C[C@H](OC(=O)c1ccc(-c2nnco2)cc1)C(=O)N(C)CCC#N. The number of likely N-dealkylation sites (N-methyl/N-ethyl adjacent to an activating group) is 1. The Hall–Kier alpha value is -3.21. The molecule has 0 aliphatic heterocycles. The van der Waals surface area contributed by atoms with Crippen LogP contribution in [0.4, 0.5) is 0 Å². The summed E-state index contributed by atoms with van der Waals surface area (Å²) in [6, 6.07) is 8.36.